The van der Waals surface area contributed by atoms with E-state index in [1.807, 2.05) is 0 Å². The van der Waals surface area contributed by atoms with Crippen LogP contribution in [0.3, 0.4) is 0 Å². The molecule has 2 aliphatic heterocycles. The van der Waals surface area contributed by atoms with Crippen molar-refractivity contribution < 1.29 is 38.1 Å². The third-order valence-corrected chi connectivity index (χ3v) is 7.59. The average molecular weight is 595 g/mol. The molecule has 3 N–H and O–H groups in total. The fraction of sp³-hybridized carbons (Fsp3) is 0.419. The van der Waals surface area contributed by atoms with Crippen LogP contribution in [0.4, 0.5) is 0 Å². The summed E-state index contributed by atoms with van der Waals surface area (Å²) in [5.74, 6) is 0.267. The molecule has 230 valence electrons. The van der Waals surface area contributed by atoms with Crippen LogP contribution >= 0.6 is 0 Å². The number of methoxy groups -OCH3 is 3. The Hall–Kier alpha value is -4.58. The summed E-state index contributed by atoms with van der Waals surface area (Å²) in [6, 6.07) is 8.69. The zero-order valence-electron chi connectivity index (χ0n) is 24.7. The van der Waals surface area contributed by atoms with Gasteiger partial charge in [0.2, 0.25) is 17.7 Å². The van der Waals surface area contributed by atoms with E-state index in [4.69, 9.17) is 24.7 Å². The molecule has 0 aliphatic carbocycles. The maximum absolute atomic E-state index is 13.5. The molecule has 2 aromatic rings. The SMILES string of the molecule is C=CCOC(=O)C[C@H]1C(=O)N2C[C@@H](N)CC2C(=O)N1Cc1ccc(CC(=O)NCc2c(OC)cc(OC)cc2OC)cc1. The second-order valence-corrected chi connectivity index (χ2v) is 10.4. The predicted molar refractivity (Wildman–Crippen MR) is 156 cm³/mol. The fourth-order valence-corrected chi connectivity index (χ4v) is 5.42. The highest BCUT2D eigenvalue weighted by Crippen LogP contribution is 2.34. The van der Waals surface area contributed by atoms with Crippen LogP contribution in [0.25, 0.3) is 0 Å². The molecule has 2 aromatic carbocycles. The van der Waals surface area contributed by atoms with Gasteiger partial charge in [-0.3, -0.25) is 19.2 Å². The van der Waals surface area contributed by atoms with Crippen molar-refractivity contribution in [3.63, 3.8) is 0 Å². The lowest BCUT2D eigenvalue weighted by Crippen LogP contribution is -2.62. The smallest absolute Gasteiger partial charge is 0.308 e. The number of amides is 3. The third-order valence-electron chi connectivity index (χ3n) is 7.59. The molecule has 3 amide bonds. The normalized spacial score (nSPS) is 19.5. The maximum atomic E-state index is 13.5. The number of fused-ring (bicyclic) bond motifs is 1. The number of benzene rings is 2. The van der Waals surface area contributed by atoms with E-state index in [1.165, 1.54) is 30.1 Å². The van der Waals surface area contributed by atoms with E-state index in [9.17, 15) is 19.2 Å². The van der Waals surface area contributed by atoms with Gasteiger partial charge in [0.1, 0.15) is 35.9 Å². The van der Waals surface area contributed by atoms with Gasteiger partial charge in [-0.25, -0.2) is 0 Å². The molecule has 3 atom stereocenters. The maximum Gasteiger partial charge on any atom is 0.308 e. The molecule has 2 heterocycles. The van der Waals surface area contributed by atoms with Gasteiger partial charge in [-0.2, -0.15) is 0 Å². The molecule has 2 fully saturated rings. The fourth-order valence-electron chi connectivity index (χ4n) is 5.42. The minimum absolute atomic E-state index is 0.0150. The van der Waals surface area contributed by atoms with Gasteiger partial charge in [0, 0.05) is 31.3 Å². The van der Waals surface area contributed by atoms with Crippen LogP contribution in [0, 0.1) is 0 Å². The molecule has 2 saturated heterocycles. The number of hydrogen-bond acceptors (Lipinski definition) is 9. The van der Waals surface area contributed by atoms with Crippen molar-refractivity contribution in [2.24, 2.45) is 5.73 Å². The van der Waals surface area contributed by atoms with Crippen molar-refractivity contribution in [3.8, 4) is 17.2 Å². The van der Waals surface area contributed by atoms with Crippen LogP contribution in [0.15, 0.2) is 49.1 Å². The first-order valence-corrected chi connectivity index (χ1v) is 14.0. The number of ether oxygens (including phenoxy) is 4. The summed E-state index contributed by atoms with van der Waals surface area (Å²) in [7, 11) is 4.61. The zero-order valence-corrected chi connectivity index (χ0v) is 24.7. The highest BCUT2D eigenvalue weighted by Gasteiger charge is 2.50. The lowest BCUT2D eigenvalue weighted by Gasteiger charge is -2.42. The van der Waals surface area contributed by atoms with E-state index >= 15 is 0 Å². The lowest BCUT2D eigenvalue weighted by atomic mass is 10.0. The summed E-state index contributed by atoms with van der Waals surface area (Å²) >= 11 is 0. The van der Waals surface area contributed by atoms with Crippen molar-refractivity contribution in [2.75, 3.05) is 34.5 Å². The van der Waals surface area contributed by atoms with E-state index in [0.717, 1.165) is 11.1 Å². The zero-order chi connectivity index (χ0) is 31.1. The minimum atomic E-state index is -0.997. The van der Waals surface area contributed by atoms with Gasteiger partial charge in [-0.1, -0.05) is 36.9 Å². The summed E-state index contributed by atoms with van der Waals surface area (Å²) in [6.07, 6.45) is 1.67. The van der Waals surface area contributed by atoms with Gasteiger partial charge < -0.3 is 39.8 Å². The third kappa shape index (κ3) is 7.26. The van der Waals surface area contributed by atoms with Crippen molar-refractivity contribution in [3.05, 3.63) is 65.7 Å². The number of rotatable bonds is 13. The molecule has 43 heavy (non-hydrogen) atoms. The Morgan fingerprint density at radius 3 is 2.28 bits per heavy atom. The van der Waals surface area contributed by atoms with Gasteiger partial charge in [0.05, 0.1) is 46.3 Å². The number of carbonyl (C=O) groups is 4. The van der Waals surface area contributed by atoms with Crippen LogP contribution in [-0.4, -0.2) is 86.1 Å². The van der Waals surface area contributed by atoms with E-state index in [2.05, 4.69) is 11.9 Å². The first-order valence-electron chi connectivity index (χ1n) is 14.0. The monoisotopic (exact) mass is 594 g/mol. The number of nitrogens with one attached hydrogen (secondary N) is 1. The van der Waals surface area contributed by atoms with Gasteiger partial charge in [-0.15, -0.1) is 0 Å². The standard InChI is InChI=1S/C31H38N4O8/c1-5-10-43-29(37)15-25-31(39)35-18-21(32)12-24(35)30(38)34(25)17-20-8-6-19(7-9-20)11-28(36)33-16-23-26(41-3)13-22(40-2)14-27(23)42-4/h5-9,13-14,21,24-25H,1,10-12,15-18,32H2,2-4H3,(H,33,36)/t21-,24?,25-/m0/s1. The lowest BCUT2D eigenvalue weighted by molar-refractivity contribution is -0.163. The van der Waals surface area contributed by atoms with E-state index < -0.39 is 18.1 Å². The predicted octanol–water partition coefficient (Wildman–Crippen LogP) is 1.33. The van der Waals surface area contributed by atoms with Crippen LogP contribution in [-0.2, 0) is 43.4 Å². The van der Waals surface area contributed by atoms with Crippen LogP contribution in [0.1, 0.15) is 29.5 Å². The number of nitrogens with zero attached hydrogens (tertiary/aromatic N) is 2. The molecule has 0 spiro atoms. The van der Waals surface area contributed by atoms with Crippen molar-refractivity contribution in [1.29, 1.82) is 0 Å². The Kier molecular flexibility index (Phi) is 10.3. The topological polar surface area (TPSA) is 150 Å². The first-order chi connectivity index (χ1) is 20.7. The number of nitrogens with two attached hydrogens (primary N) is 1. The van der Waals surface area contributed by atoms with E-state index in [1.54, 1.807) is 43.5 Å². The van der Waals surface area contributed by atoms with Crippen molar-refractivity contribution in [1.82, 2.24) is 15.1 Å². The number of hydrogen-bond donors (Lipinski definition) is 2. The molecule has 1 unspecified atom stereocenters. The number of carbonyl (C=O) groups excluding carboxylic acids is 4. The molecule has 0 aromatic heterocycles. The van der Waals surface area contributed by atoms with Crippen LogP contribution < -0.4 is 25.3 Å². The van der Waals surface area contributed by atoms with Crippen LogP contribution in [0.2, 0.25) is 0 Å². The van der Waals surface area contributed by atoms with Crippen molar-refractivity contribution >= 4 is 23.7 Å². The summed E-state index contributed by atoms with van der Waals surface area (Å²) in [6.45, 7) is 4.13. The van der Waals surface area contributed by atoms with Gasteiger partial charge in [-0.05, 0) is 17.5 Å². The minimum Gasteiger partial charge on any atom is -0.496 e. The summed E-state index contributed by atoms with van der Waals surface area (Å²) < 4.78 is 21.3. The quantitative estimate of drug-likeness (QED) is 0.259. The largest absolute Gasteiger partial charge is 0.496 e. The molecule has 0 bridgehead atoms. The Balaban J connectivity index is 1.42. The molecule has 4 rings (SSSR count). The molecule has 2 aliphatic rings. The van der Waals surface area contributed by atoms with Crippen molar-refractivity contribution in [2.45, 2.75) is 50.5 Å². The van der Waals surface area contributed by atoms with E-state index in [-0.39, 0.29) is 62.8 Å². The second-order valence-electron chi connectivity index (χ2n) is 10.4. The molecule has 12 heteroatoms. The molecular weight excluding hydrogens is 556 g/mol. The summed E-state index contributed by atoms with van der Waals surface area (Å²) in [4.78, 5) is 54.9. The Morgan fingerprint density at radius 2 is 1.67 bits per heavy atom. The van der Waals surface area contributed by atoms with E-state index in [0.29, 0.717) is 29.2 Å². The van der Waals surface area contributed by atoms with Gasteiger partial charge in [0.25, 0.3) is 0 Å². The number of piperazine rings is 1. The highest BCUT2D eigenvalue weighted by atomic mass is 16.5. The second kappa shape index (κ2) is 14.1. The first kappa shape index (κ1) is 31.4. The highest BCUT2D eigenvalue weighted by molar-refractivity contribution is 5.99. The average Bonchev–Trinajstić information content (AvgIpc) is 3.41. The molecule has 0 radical (unpaired) electrons. The summed E-state index contributed by atoms with van der Waals surface area (Å²) in [5.41, 5.74) is 8.25. The molecule has 12 nitrogen and oxygen atoms in total. The molecular formula is C31H38N4O8. The Morgan fingerprint density at radius 1 is 1.02 bits per heavy atom. The molecule has 0 saturated carbocycles. The van der Waals surface area contributed by atoms with Gasteiger partial charge in [0.15, 0.2) is 0 Å². The number of esters is 1. The Bertz CT molecular complexity index is 1340. The van der Waals surface area contributed by atoms with Gasteiger partial charge >= 0.3 is 5.97 Å². The van der Waals surface area contributed by atoms with Crippen LogP contribution in [0.5, 0.6) is 17.2 Å². The Labute approximate surface area is 250 Å². The summed E-state index contributed by atoms with van der Waals surface area (Å²) in [5, 5.41) is 2.89.